The lowest BCUT2D eigenvalue weighted by Crippen LogP contribution is -2.35. The van der Waals surface area contributed by atoms with E-state index in [1.54, 1.807) is 73.8 Å². The van der Waals surface area contributed by atoms with E-state index in [1.165, 1.54) is 17.0 Å². The third-order valence-corrected chi connectivity index (χ3v) is 6.46. The van der Waals surface area contributed by atoms with Crippen LogP contribution in [0.2, 0.25) is 0 Å². The van der Waals surface area contributed by atoms with Gasteiger partial charge >= 0.3 is 0 Å². The fourth-order valence-electron chi connectivity index (χ4n) is 4.06. The largest absolute Gasteiger partial charge is 0.347 e. The van der Waals surface area contributed by atoms with E-state index >= 15 is 0 Å². The van der Waals surface area contributed by atoms with Gasteiger partial charge in [0.2, 0.25) is 11.8 Å². The van der Waals surface area contributed by atoms with E-state index in [0.29, 0.717) is 23.5 Å². The van der Waals surface area contributed by atoms with Gasteiger partial charge in [-0.15, -0.1) is 0 Å². The molecule has 0 aliphatic rings. The minimum absolute atomic E-state index is 0.0305. The highest BCUT2D eigenvalue weighted by atomic mass is 19.1. The first-order valence-corrected chi connectivity index (χ1v) is 12.7. The molecule has 0 spiro atoms. The average molecular weight is 540 g/mol. The highest BCUT2D eigenvalue weighted by Crippen LogP contribution is 2.22. The third kappa shape index (κ3) is 7.15. The molecular formula is C30H30FN7O2. The first-order chi connectivity index (χ1) is 19.2. The topological polar surface area (TPSA) is 116 Å². The molecule has 10 heteroatoms. The van der Waals surface area contributed by atoms with Crippen molar-refractivity contribution in [2.24, 2.45) is 0 Å². The van der Waals surface area contributed by atoms with Crippen molar-refractivity contribution in [1.29, 1.82) is 5.26 Å². The van der Waals surface area contributed by atoms with Crippen molar-refractivity contribution in [3.63, 3.8) is 0 Å². The van der Waals surface area contributed by atoms with E-state index in [9.17, 15) is 14.0 Å². The monoisotopic (exact) mass is 539 g/mol. The molecule has 204 valence electrons. The van der Waals surface area contributed by atoms with Gasteiger partial charge in [0, 0.05) is 44.2 Å². The molecule has 0 saturated carbocycles. The van der Waals surface area contributed by atoms with Crippen LogP contribution in [0, 0.1) is 17.1 Å². The number of likely N-dealkylation sites (N-methyl/N-ethyl adjacent to an activating group) is 1. The number of carbonyl (C=O) groups excluding carboxylic acids is 2. The Kier molecular flexibility index (Phi) is 8.99. The predicted octanol–water partition coefficient (Wildman–Crippen LogP) is 4.12. The van der Waals surface area contributed by atoms with Crippen LogP contribution in [-0.4, -0.2) is 52.1 Å². The molecule has 0 aliphatic heterocycles. The summed E-state index contributed by atoms with van der Waals surface area (Å²) in [6.45, 7) is 2.58. The summed E-state index contributed by atoms with van der Waals surface area (Å²) < 4.78 is 15.6. The molecule has 0 bridgehead atoms. The molecule has 0 saturated heterocycles. The lowest BCUT2D eigenvalue weighted by atomic mass is 9.98. The molecular weight excluding hydrogens is 509 g/mol. The quantitative estimate of drug-likeness (QED) is 0.313. The van der Waals surface area contributed by atoms with Crippen LogP contribution in [0.4, 0.5) is 10.2 Å². The molecule has 4 rings (SSSR count). The third-order valence-electron chi connectivity index (χ3n) is 6.46. The number of halogens is 1. The van der Waals surface area contributed by atoms with Crippen molar-refractivity contribution in [2.75, 3.05) is 26.0 Å². The van der Waals surface area contributed by atoms with Gasteiger partial charge in [-0.05, 0) is 53.4 Å². The van der Waals surface area contributed by atoms with Gasteiger partial charge in [0.1, 0.15) is 24.2 Å². The number of hydrogen-bond acceptors (Lipinski definition) is 6. The van der Waals surface area contributed by atoms with Crippen LogP contribution >= 0.6 is 0 Å². The Hall–Kier alpha value is -4.88. The van der Waals surface area contributed by atoms with Gasteiger partial charge < -0.3 is 15.5 Å². The normalized spacial score (nSPS) is 12.3. The number of nitriles is 1. The summed E-state index contributed by atoms with van der Waals surface area (Å²) in [4.78, 5) is 31.2. The number of nitrogens with zero attached hydrogens (tertiary/aromatic N) is 5. The van der Waals surface area contributed by atoms with Crippen molar-refractivity contribution >= 4 is 17.6 Å². The van der Waals surface area contributed by atoms with Crippen molar-refractivity contribution in [2.45, 2.75) is 25.4 Å². The zero-order valence-corrected chi connectivity index (χ0v) is 22.5. The smallest absolute Gasteiger partial charge is 0.247 e. The molecule has 4 aromatic rings. The molecule has 2 heterocycles. The Morgan fingerprint density at radius 1 is 1.05 bits per heavy atom. The fourth-order valence-corrected chi connectivity index (χ4v) is 4.06. The number of carbonyl (C=O) groups is 2. The Balaban J connectivity index is 1.45. The van der Waals surface area contributed by atoms with E-state index in [2.05, 4.69) is 26.8 Å². The van der Waals surface area contributed by atoms with Crippen molar-refractivity contribution < 1.29 is 14.0 Å². The van der Waals surface area contributed by atoms with Crippen molar-refractivity contribution in [3.8, 4) is 17.2 Å². The van der Waals surface area contributed by atoms with Gasteiger partial charge in [0.05, 0.1) is 17.8 Å². The molecule has 0 fully saturated rings. The number of hydrogen-bond donors (Lipinski definition) is 2. The minimum atomic E-state index is -0.828. The summed E-state index contributed by atoms with van der Waals surface area (Å²) in [5, 5.41) is 19.3. The van der Waals surface area contributed by atoms with Gasteiger partial charge in [-0.3, -0.25) is 14.3 Å². The maximum atomic E-state index is 14.0. The summed E-state index contributed by atoms with van der Waals surface area (Å²) >= 11 is 0. The van der Waals surface area contributed by atoms with Gasteiger partial charge in [-0.1, -0.05) is 31.2 Å². The van der Waals surface area contributed by atoms with Gasteiger partial charge in [0.25, 0.3) is 0 Å². The molecule has 0 radical (unpaired) electrons. The predicted molar refractivity (Wildman–Crippen MR) is 149 cm³/mol. The summed E-state index contributed by atoms with van der Waals surface area (Å²) in [7, 11) is 3.38. The molecule has 0 aliphatic carbocycles. The molecule has 40 heavy (non-hydrogen) atoms. The average Bonchev–Trinajstić information content (AvgIpc) is 3.42. The summed E-state index contributed by atoms with van der Waals surface area (Å²) in [6.07, 6.45) is 5.02. The molecule has 2 aromatic carbocycles. The number of amides is 2. The first-order valence-electron chi connectivity index (χ1n) is 12.7. The summed E-state index contributed by atoms with van der Waals surface area (Å²) in [5.41, 5.74) is 3.63. The maximum Gasteiger partial charge on any atom is 0.247 e. The Morgan fingerprint density at radius 3 is 2.48 bits per heavy atom. The minimum Gasteiger partial charge on any atom is -0.347 e. The number of nitrogens with one attached hydrogen (secondary N) is 2. The number of benzene rings is 2. The van der Waals surface area contributed by atoms with E-state index in [-0.39, 0.29) is 24.3 Å². The molecule has 2 amide bonds. The Morgan fingerprint density at radius 2 is 1.82 bits per heavy atom. The lowest BCUT2D eigenvalue weighted by molar-refractivity contribution is -0.129. The zero-order valence-electron chi connectivity index (χ0n) is 22.5. The molecule has 2 N–H and O–H groups in total. The second-order valence-corrected chi connectivity index (χ2v) is 9.67. The Labute approximate surface area is 232 Å². The van der Waals surface area contributed by atoms with E-state index in [1.807, 2.05) is 19.1 Å². The Bertz CT molecular complexity index is 1510. The van der Waals surface area contributed by atoms with Crippen molar-refractivity contribution in [3.05, 3.63) is 102 Å². The van der Waals surface area contributed by atoms with Crippen LogP contribution in [0.3, 0.4) is 0 Å². The van der Waals surface area contributed by atoms with Crippen LogP contribution in [0.15, 0.2) is 79.3 Å². The van der Waals surface area contributed by atoms with Gasteiger partial charge in [-0.25, -0.2) is 9.37 Å². The van der Waals surface area contributed by atoms with E-state index in [0.717, 1.165) is 16.7 Å². The standard InChI is InChI=1S/C30H30FN7O2/c1-20(22-9-7-21(14-32)8-10-22)15-34-29(23-5-4-6-26(31)13-23)30(40)36-27-12-11-24(16-33-27)25-17-35-38(18-25)19-28(39)37(2)3/h4-13,16-18,20,29,34H,15,19H2,1-3H3,(H,33,36,40)/t20-,29+/m1/s1. The number of aromatic nitrogens is 3. The fraction of sp³-hybridized carbons (Fsp3) is 0.233. The number of pyridine rings is 1. The van der Waals surface area contributed by atoms with Crippen molar-refractivity contribution in [1.82, 2.24) is 25.0 Å². The van der Waals surface area contributed by atoms with Gasteiger partial charge in [-0.2, -0.15) is 10.4 Å². The highest BCUT2D eigenvalue weighted by Gasteiger charge is 2.22. The van der Waals surface area contributed by atoms with Gasteiger partial charge in [0.15, 0.2) is 0 Å². The second-order valence-electron chi connectivity index (χ2n) is 9.67. The van der Waals surface area contributed by atoms with E-state index < -0.39 is 11.9 Å². The molecule has 2 atom stereocenters. The van der Waals surface area contributed by atoms with Crippen LogP contribution in [0.25, 0.3) is 11.1 Å². The maximum absolute atomic E-state index is 14.0. The molecule has 2 aromatic heterocycles. The van der Waals surface area contributed by atoms with Crippen LogP contribution < -0.4 is 10.6 Å². The lowest BCUT2D eigenvalue weighted by Gasteiger charge is -2.21. The van der Waals surface area contributed by atoms with E-state index in [4.69, 9.17) is 5.26 Å². The summed E-state index contributed by atoms with van der Waals surface area (Å²) in [6, 6.07) is 18.0. The number of rotatable bonds is 10. The number of anilines is 1. The van der Waals surface area contributed by atoms with Crippen LogP contribution in [0.5, 0.6) is 0 Å². The highest BCUT2D eigenvalue weighted by molar-refractivity contribution is 5.95. The zero-order chi connectivity index (χ0) is 28.6. The molecule has 9 nitrogen and oxygen atoms in total. The molecule has 0 unspecified atom stereocenters. The second kappa shape index (κ2) is 12.8. The van der Waals surface area contributed by atoms with Crippen LogP contribution in [-0.2, 0) is 16.1 Å². The SMILES string of the molecule is C[C@H](CN[C@H](C(=O)Nc1ccc(-c2cnn(CC(=O)N(C)C)c2)cn1)c1cccc(F)c1)c1ccc(C#N)cc1. The summed E-state index contributed by atoms with van der Waals surface area (Å²) in [5.74, 6) is -0.519. The van der Waals surface area contributed by atoms with Crippen LogP contribution in [0.1, 0.15) is 35.6 Å². The first kappa shape index (κ1) is 28.1.